The predicted octanol–water partition coefficient (Wildman–Crippen LogP) is 1.80. The molecule has 112 valence electrons. The SMILES string of the molecule is COc1ccc(NC(=O)N(C)Cc2nccn2C)c(C)n1. The number of hydrogen-bond acceptors (Lipinski definition) is 4. The summed E-state index contributed by atoms with van der Waals surface area (Å²) in [5.41, 5.74) is 1.36. The normalized spacial score (nSPS) is 10.3. The average Bonchev–Trinajstić information content (AvgIpc) is 2.86. The molecule has 0 unspecified atom stereocenters. The fourth-order valence-corrected chi connectivity index (χ4v) is 1.83. The lowest BCUT2D eigenvalue weighted by Gasteiger charge is -2.18. The topological polar surface area (TPSA) is 72.3 Å². The standard InChI is InChI=1S/C14H19N5O2/c1-10-11(5-6-13(16-10)21-4)17-14(20)19(3)9-12-15-7-8-18(12)2/h5-8H,9H2,1-4H3,(H,17,20). The van der Waals surface area contributed by atoms with Gasteiger partial charge in [0.05, 0.1) is 25.0 Å². The highest BCUT2D eigenvalue weighted by atomic mass is 16.5. The van der Waals surface area contributed by atoms with Gasteiger partial charge in [-0.25, -0.2) is 14.8 Å². The number of imidazole rings is 1. The fraction of sp³-hybridized carbons (Fsp3) is 0.357. The minimum absolute atomic E-state index is 0.215. The van der Waals surface area contributed by atoms with E-state index in [2.05, 4.69) is 15.3 Å². The molecule has 0 saturated heterocycles. The number of methoxy groups -OCH3 is 1. The van der Waals surface area contributed by atoms with E-state index in [1.54, 1.807) is 37.4 Å². The van der Waals surface area contributed by atoms with Crippen molar-refractivity contribution < 1.29 is 9.53 Å². The molecule has 0 spiro atoms. The van der Waals surface area contributed by atoms with Crippen molar-refractivity contribution in [3.8, 4) is 5.88 Å². The van der Waals surface area contributed by atoms with E-state index >= 15 is 0 Å². The van der Waals surface area contributed by atoms with Crippen LogP contribution in [-0.4, -0.2) is 39.6 Å². The summed E-state index contributed by atoms with van der Waals surface area (Å²) in [4.78, 5) is 22.2. The maximum absolute atomic E-state index is 12.2. The van der Waals surface area contributed by atoms with E-state index in [0.29, 0.717) is 23.8 Å². The first-order valence-corrected chi connectivity index (χ1v) is 6.51. The Morgan fingerprint density at radius 3 is 2.81 bits per heavy atom. The van der Waals surface area contributed by atoms with Crippen molar-refractivity contribution in [2.24, 2.45) is 7.05 Å². The molecule has 2 aromatic rings. The Bertz CT molecular complexity index is 638. The number of ether oxygens (including phenoxy) is 1. The summed E-state index contributed by atoms with van der Waals surface area (Å²) in [6, 6.07) is 3.27. The number of hydrogen-bond donors (Lipinski definition) is 1. The van der Waals surface area contributed by atoms with Crippen LogP contribution in [0.5, 0.6) is 5.88 Å². The molecule has 0 saturated carbocycles. The van der Waals surface area contributed by atoms with E-state index in [1.807, 2.05) is 24.7 Å². The van der Waals surface area contributed by atoms with E-state index in [0.717, 1.165) is 5.82 Å². The zero-order valence-electron chi connectivity index (χ0n) is 12.6. The molecule has 7 heteroatoms. The monoisotopic (exact) mass is 289 g/mol. The lowest BCUT2D eigenvalue weighted by atomic mass is 10.3. The van der Waals surface area contributed by atoms with Crippen molar-refractivity contribution >= 4 is 11.7 Å². The molecule has 0 bridgehead atoms. The van der Waals surface area contributed by atoms with Gasteiger partial charge in [0.25, 0.3) is 0 Å². The highest BCUT2D eigenvalue weighted by Crippen LogP contribution is 2.17. The van der Waals surface area contributed by atoms with Gasteiger partial charge < -0.3 is 19.5 Å². The fourth-order valence-electron chi connectivity index (χ4n) is 1.83. The molecule has 0 aliphatic carbocycles. The molecule has 7 nitrogen and oxygen atoms in total. The Morgan fingerprint density at radius 1 is 1.48 bits per heavy atom. The van der Waals surface area contributed by atoms with Crippen LogP contribution in [0.25, 0.3) is 0 Å². The van der Waals surface area contributed by atoms with Crippen LogP contribution in [0.4, 0.5) is 10.5 Å². The second kappa shape index (κ2) is 6.25. The van der Waals surface area contributed by atoms with Gasteiger partial charge in [-0.15, -0.1) is 0 Å². The van der Waals surface area contributed by atoms with Crippen molar-refractivity contribution in [2.75, 3.05) is 19.5 Å². The van der Waals surface area contributed by atoms with Gasteiger partial charge in [0, 0.05) is 32.6 Å². The Kier molecular flexibility index (Phi) is 4.42. The van der Waals surface area contributed by atoms with Gasteiger partial charge in [-0.2, -0.15) is 0 Å². The molecule has 0 atom stereocenters. The number of amides is 2. The Hall–Kier alpha value is -2.57. The van der Waals surface area contributed by atoms with Crippen LogP contribution in [0.2, 0.25) is 0 Å². The Morgan fingerprint density at radius 2 is 2.24 bits per heavy atom. The first kappa shape index (κ1) is 14.8. The maximum Gasteiger partial charge on any atom is 0.322 e. The largest absolute Gasteiger partial charge is 0.481 e. The van der Waals surface area contributed by atoms with Gasteiger partial charge in [-0.1, -0.05) is 0 Å². The molecule has 2 amide bonds. The van der Waals surface area contributed by atoms with E-state index in [-0.39, 0.29) is 6.03 Å². The van der Waals surface area contributed by atoms with Gasteiger partial charge in [-0.3, -0.25) is 0 Å². The van der Waals surface area contributed by atoms with Crippen LogP contribution in [0.1, 0.15) is 11.5 Å². The summed E-state index contributed by atoms with van der Waals surface area (Å²) in [5, 5.41) is 2.83. The molecule has 0 fully saturated rings. The van der Waals surface area contributed by atoms with Gasteiger partial charge in [0.1, 0.15) is 5.82 Å². The van der Waals surface area contributed by atoms with Crippen molar-refractivity contribution in [3.05, 3.63) is 36.0 Å². The van der Waals surface area contributed by atoms with E-state index in [9.17, 15) is 4.79 Å². The van der Waals surface area contributed by atoms with Gasteiger partial charge >= 0.3 is 6.03 Å². The summed E-state index contributed by atoms with van der Waals surface area (Å²) in [6.07, 6.45) is 3.55. The molecule has 21 heavy (non-hydrogen) atoms. The van der Waals surface area contributed by atoms with Crippen molar-refractivity contribution in [2.45, 2.75) is 13.5 Å². The second-order valence-corrected chi connectivity index (χ2v) is 4.73. The second-order valence-electron chi connectivity index (χ2n) is 4.73. The number of carbonyl (C=O) groups excluding carboxylic acids is 1. The third-order valence-electron chi connectivity index (χ3n) is 3.16. The van der Waals surface area contributed by atoms with Crippen molar-refractivity contribution in [1.82, 2.24) is 19.4 Å². The van der Waals surface area contributed by atoms with Gasteiger partial charge in [0.15, 0.2) is 0 Å². The van der Waals surface area contributed by atoms with E-state index < -0.39 is 0 Å². The molecule has 0 aliphatic heterocycles. The summed E-state index contributed by atoms with van der Waals surface area (Å²) in [6.45, 7) is 2.24. The number of aromatic nitrogens is 3. The highest BCUT2D eigenvalue weighted by Gasteiger charge is 2.13. The highest BCUT2D eigenvalue weighted by molar-refractivity contribution is 5.89. The quantitative estimate of drug-likeness (QED) is 0.931. The van der Waals surface area contributed by atoms with Crippen LogP contribution >= 0.6 is 0 Å². The van der Waals surface area contributed by atoms with Gasteiger partial charge in [0.2, 0.25) is 5.88 Å². The van der Waals surface area contributed by atoms with Crippen molar-refractivity contribution in [3.63, 3.8) is 0 Å². The molecule has 2 rings (SSSR count). The summed E-state index contributed by atoms with van der Waals surface area (Å²) >= 11 is 0. The Labute approximate surface area is 123 Å². The summed E-state index contributed by atoms with van der Waals surface area (Å²) < 4.78 is 6.92. The number of carbonyl (C=O) groups is 1. The molecule has 2 heterocycles. The molecule has 1 N–H and O–H groups in total. The number of pyridine rings is 1. The third kappa shape index (κ3) is 3.50. The van der Waals surface area contributed by atoms with Crippen LogP contribution in [0, 0.1) is 6.92 Å². The van der Waals surface area contributed by atoms with Gasteiger partial charge in [-0.05, 0) is 13.0 Å². The average molecular weight is 289 g/mol. The molecule has 0 radical (unpaired) electrons. The minimum Gasteiger partial charge on any atom is -0.481 e. The summed E-state index contributed by atoms with van der Waals surface area (Å²) in [7, 11) is 5.17. The number of nitrogens with zero attached hydrogens (tertiary/aromatic N) is 4. The predicted molar refractivity (Wildman–Crippen MR) is 79.2 cm³/mol. The number of aryl methyl sites for hydroxylation is 2. The number of nitrogens with one attached hydrogen (secondary N) is 1. The van der Waals surface area contributed by atoms with E-state index in [4.69, 9.17) is 4.74 Å². The van der Waals surface area contributed by atoms with Crippen LogP contribution in [0.3, 0.4) is 0 Å². The molecule has 2 aromatic heterocycles. The lowest BCUT2D eigenvalue weighted by Crippen LogP contribution is -2.32. The molecular formula is C14H19N5O2. The molecule has 0 aromatic carbocycles. The van der Waals surface area contributed by atoms with Crippen LogP contribution in [-0.2, 0) is 13.6 Å². The maximum atomic E-state index is 12.2. The summed E-state index contributed by atoms with van der Waals surface area (Å²) in [5.74, 6) is 1.34. The third-order valence-corrected chi connectivity index (χ3v) is 3.16. The number of rotatable bonds is 4. The number of urea groups is 1. The Balaban J connectivity index is 2.02. The van der Waals surface area contributed by atoms with Crippen molar-refractivity contribution in [1.29, 1.82) is 0 Å². The molecular weight excluding hydrogens is 270 g/mol. The van der Waals surface area contributed by atoms with E-state index in [1.165, 1.54) is 0 Å². The first-order valence-electron chi connectivity index (χ1n) is 6.51. The minimum atomic E-state index is -0.215. The lowest BCUT2D eigenvalue weighted by molar-refractivity contribution is 0.219. The van der Waals surface area contributed by atoms with Crippen LogP contribution in [0.15, 0.2) is 24.5 Å². The zero-order chi connectivity index (χ0) is 15.4. The number of anilines is 1. The first-order chi connectivity index (χ1) is 10.0. The van der Waals surface area contributed by atoms with Crippen LogP contribution < -0.4 is 10.1 Å². The molecule has 0 aliphatic rings. The zero-order valence-corrected chi connectivity index (χ0v) is 12.6. The smallest absolute Gasteiger partial charge is 0.322 e.